The van der Waals surface area contributed by atoms with Gasteiger partial charge < -0.3 is 15.4 Å². The summed E-state index contributed by atoms with van der Waals surface area (Å²) in [5.74, 6) is -0.307. The fourth-order valence-electron chi connectivity index (χ4n) is 4.09. The van der Waals surface area contributed by atoms with Crippen molar-refractivity contribution in [3.8, 4) is 5.75 Å². The standard InChI is InChI=1S/C20H20ClN3O3/c1-11-10-15(18(25)22-12-6-8-13(27-2)9-7-12)20(24-11)14-4-3-5-16(21)17(14)23-19(20)26/h3-9,11,15,24H,10H2,1-2H3,(H,22,25)(H,23,26)/t11-,15+,20-/m0/s1. The minimum Gasteiger partial charge on any atom is -0.497 e. The summed E-state index contributed by atoms with van der Waals surface area (Å²) >= 11 is 6.26. The van der Waals surface area contributed by atoms with E-state index in [-0.39, 0.29) is 17.9 Å². The minimum absolute atomic E-state index is 0.00676. The van der Waals surface area contributed by atoms with Gasteiger partial charge in [-0.25, -0.2) is 0 Å². The molecule has 0 radical (unpaired) electrons. The molecule has 6 nitrogen and oxygen atoms in total. The number of methoxy groups -OCH3 is 1. The highest BCUT2D eigenvalue weighted by atomic mass is 35.5. The number of rotatable bonds is 3. The third-order valence-electron chi connectivity index (χ3n) is 5.30. The van der Waals surface area contributed by atoms with E-state index >= 15 is 0 Å². The topological polar surface area (TPSA) is 79.5 Å². The molecule has 1 spiro atoms. The van der Waals surface area contributed by atoms with Gasteiger partial charge in [0.15, 0.2) is 0 Å². The van der Waals surface area contributed by atoms with Crippen molar-refractivity contribution in [1.82, 2.24) is 5.32 Å². The summed E-state index contributed by atoms with van der Waals surface area (Å²) in [5, 5.41) is 9.59. The lowest BCUT2D eigenvalue weighted by Gasteiger charge is -2.29. The Morgan fingerprint density at radius 3 is 2.70 bits per heavy atom. The van der Waals surface area contributed by atoms with Crippen molar-refractivity contribution in [2.24, 2.45) is 5.92 Å². The van der Waals surface area contributed by atoms with E-state index in [4.69, 9.17) is 16.3 Å². The number of amides is 2. The average Bonchev–Trinajstić information content (AvgIpc) is 3.15. The number of carbonyl (C=O) groups excluding carboxylic acids is 2. The maximum absolute atomic E-state index is 13.1. The number of fused-ring (bicyclic) bond motifs is 2. The van der Waals surface area contributed by atoms with Gasteiger partial charge in [-0.2, -0.15) is 0 Å². The molecule has 0 aliphatic carbocycles. The van der Waals surface area contributed by atoms with Crippen LogP contribution in [0.5, 0.6) is 5.75 Å². The molecule has 2 aliphatic heterocycles. The summed E-state index contributed by atoms with van der Waals surface area (Å²) in [6.07, 6.45) is 0.543. The zero-order chi connectivity index (χ0) is 19.2. The van der Waals surface area contributed by atoms with E-state index in [9.17, 15) is 9.59 Å². The Bertz CT molecular complexity index is 915. The molecule has 2 amide bonds. The van der Waals surface area contributed by atoms with Crippen LogP contribution in [0, 0.1) is 5.92 Å². The number of ether oxygens (including phenoxy) is 1. The summed E-state index contributed by atoms with van der Waals surface area (Å²) in [5.41, 5.74) is 0.836. The van der Waals surface area contributed by atoms with E-state index < -0.39 is 11.5 Å². The number of hydrogen-bond donors (Lipinski definition) is 3. The van der Waals surface area contributed by atoms with E-state index in [1.807, 2.05) is 13.0 Å². The van der Waals surface area contributed by atoms with Crippen LogP contribution in [0.1, 0.15) is 18.9 Å². The van der Waals surface area contributed by atoms with Crippen molar-refractivity contribution in [3.05, 3.63) is 53.1 Å². The molecule has 3 N–H and O–H groups in total. The van der Waals surface area contributed by atoms with Gasteiger partial charge in [0.25, 0.3) is 0 Å². The van der Waals surface area contributed by atoms with E-state index in [0.717, 1.165) is 5.56 Å². The van der Waals surface area contributed by atoms with Gasteiger partial charge in [-0.1, -0.05) is 23.7 Å². The summed E-state index contributed by atoms with van der Waals surface area (Å²) in [6.45, 7) is 1.97. The molecule has 4 rings (SSSR count). The van der Waals surface area contributed by atoms with Crippen molar-refractivity contribution in [2.75, 3.05) is 17.7 Å². The largest absolute Gasteiger partial charge is 0.497 e. The second-order valence-electron chi connectivity index (χ2n) is 6.98. The highest BCUT2D eigenvalue weighted by molar-refractivity contribution is 6.35. The Morgan fingerprint density at radius 2 is 2.00 bits per heavy atom. The summed E-state index contributed by atoms with van der Waals surface area (Å²) in [4.78, 5) is 26.1. The van der Waals surface area contributed by atoms with Crippen LogP contribution in [-0.2, 0) is 15.1 Å². The Morgan fingerprint density at radius 1 is 1.26 bits per heavy atom. The van der Waals surface area contributed by atoms with Gasteiger partial charge in [0.05, 0.1) is 23.7 Å². The van der Waals surface area contributed by atoms with Crippen molar-refractivity contribution >= 4 is 34.8 Å². The molecule has 2 aromatic carbocycles. The van der Waals surface area contributed by atoms with Crippen molar-refractivity contribution in [3.63, 3.8) is 0 Å². The lowest BCUT2D eigenvalue weighted by Crippen LogP contribution is -2.52. The van der Waals surface area contributed by atoms with Crippen LogP contribution in [0.3, 0.4) is 0 Å². The molecular formula is C20H20ClN3O3. The molecule has 2 aromatic rings. The third-order valence-corrected chi connectivity index (χ3v) is 5.61. The average molecular weight is 386 g/mol. The summed E-state index contributed by atoms with van der Waals surface area (Å²) in [7, 11) is 1.59. The van der Waals surface area contributed by atoms with E-state index in [0.29, 0.717) is 28.6 Å². The van der Waals surface area contributed by atoms with Gasteiger partial charge in [-0.15, -0.1) is 0 Å². The van der Waals surface area contributed by atoms with Gasteiger partial charge in [-0.05, 0) is 43.7 Å². The van der Waals surface area contributed by atoms with Gasteiger partial charge in [0.1, 0.15) is 11.3 Å². The minimum atomic E-state index is -1.11. The SMILES string of the molecule is COc1ccc(NC(=O)[C@H]2C[C@H](C)N[C@]23C(=O)Nc2c(Cl)cccc23)cc1. The first-order chi connectivity index (χ1) is 13.0. The van der Waals surface area contributed by atoms with Crippen LogP contribution < -0.4 is 20.7 Å². The lowest BCUT2D eigenvalue weighted by molar-refractivity contribution is -0.130. The zero-order valence-corrected chi connectivity index (χ0v) is 15.8. The molecule has 0 bridgehead atoms. The first-order valence-electron chi connectivity index (χ1n) is 8.78. The number of halogens is 1. The Labute approximate surface area is 162 Å². The smallest absolute Gasteiger partial charge is 0.250 e. The highest BCUT2D eigenvalue weighted by Gasteiger charge is 2.59. The fraction of sp³-hybridized carbons (Fsp3) is 0.300. The fourth-order valence-corrected chi connectivity index (χ4v) is 4.31. The normalized spacial score (nSPS) is 26.0. The first-order valence-corrected chi connectivity index (χ1v) is 9.16. The van der Waals surface area contributed by atoms with Crippen LogP contribution in [0.4, 0.5) is 11.4 Å². The molecule has 2 aliphatic rings. The molecular weight excluding hydrogens is 366 g/mol. The molecule has 7 heteroatoms. The molecule has 0 saturated carbocycles. The van der Waals surface area contributed by atoms with Crippen molar-refractivity contribution in [2.45, 2.75) is 24.9 Å². The Balaban J connectivity index is 1.68. The maximum Gasteiger partial charge on any atom is 0.250 e. The number of hydrogen-bond acceptors (Lipinski definition) is 4. The van der Waals surface area contributed by atoms with Gasteiger partial charge >= 0.3 is 0 Å². The van der Waals surface area contributed by atoms with Crippen LogP contribution >= 0.6 is 11.6 Å². The van der Waals surface area contributed by atoms with Gasteiger partial charge in [-0.3, -0.25) is 14.9 Å². The Hall–Kier alpha value is -2.57. The molecule has 27 heavy (non-hydrogen) atoms. The first kappa shape index (κ1) is 17.8. The summed E-state index contributed by atoms with van der Waals surface area (Å²) in [6, 6.07) is 12.5. The van der Waals surface area contributed by atoms with E-state index in [1.165, 1.54) is 0 Å². The van der Waals surface area contributed by atoms with Crippen molar-refractivity contribution < 1.29 is 14.3 Å². The maximum atomic E-state index is 13.1. The monoisotopic (exact) mass is 385 g/mol. The molecule has 2 heterocycles. The zero-order valence-electron chi connectivity index (χ0n) is 15.0. The molecule has 140 valence electrons. The summed E-state index contributed by atoms with van der Waals surface area (Å²) < 4.78 is 5.14. The van der Waals surface area contributed by atoms with Crippen molar-refractivity contribution in [1.29, 1.82) is 0 Å². The quantitative estimate of drug-likeness (QED) is 0.758. The second kappa shape index (κ2) is 6.55. The second-order valence-corrected chi connectivity index (χ2v) is 7.38. The van der Waals surface area contributed by atoms with Crippen LogP contribution in [0.15, 0.2) is 42.5 Å². The number of carbonyl (C=O) groups is 2. The number of nitrogens with one attached hydrogen (secondary N) is 3. The predicted molar refractivity (Wildman–Crippen MR) is 104 cm³/mol. The van der Waals surface area contributed by atoms with Gasteiger partial charge in [0, 0.05) is 17.3 Å². The molecule has 1 fully saturated rings. The van der Waals surface area contributed by atoms with E-state index in [1.54, 1.807) is 43.5 Å². The Kier molecular flexibility index (Phi) is 4.32. The molecule has 3 atom stereocenters. The van der Waals surface area contributed by atoms with Crippen LogP contribution in [0.25, 0.3) is 0 Å². The molecule has 0 aromatic heterocycles. The number of anilines is 2. The third kappa shape index (κ3) is 2.76. The van der Waals surface area contributed by atoms with Gasteiger partial charge in [0.2, 0.25) is 11.8 Å². The lowest BCUT2D eigenvalue weighted by atomic mass is 9.79. The molecule has 1 saturated heterocycles. The number of benzene rings is 2. The molecule has 0 unspecified atom stereocenters. The van der Waals surface area contributed by atoms with E-state index in [2.05, 4.69) is 16.0 Å². The van der Waals surface area contributed by atoms with Crippen LogP contribution in [0.2, 0.25) is 5.02 Å². The highest BCUT2D eigenvalue weighted by Crippen LogP contribution is 2.49. The van der Waals surface area contributed by atoms with Crippen LogP contribution in [-0.4, -0.2) is 25.0 Å². The number of para-hydroxylation sites is 1. The predicted octanol–water partition coefficient (Wildman–Crippen LogP) is 3.13.